The maximum Gasteiger partial charge on any atom is 0.0328 e. The van der Waals surface area contributed by atoms with Gasteiger partial charge in [-0.25, -0.2) is 0 Å². The zero-order valence-corrected chi connectivity index (χ0v) is 11.0. The summed E-state index contributed by atoms with van der Waals surface area (Å²) >= 11 is 0. The van der Waals surface area contributed by atoms with E-state index in [9.17, 15) is 0 Å². The minimum atomic E-state index is 0.539. The number of hydrogen-bond donors (Lipinski definition) is 2. The summed E-state index contributed by atoms with van der Waals surface area (Å²) in [7, 11) is 0. The zero-order chi connectivity index (χ0) is 12.3. The molecule has 1 aromatic carbocycles. The molecule has 2 nitrogen and oxygen atoms in total. The first-order valence-electron chi connectivity index (χ1n) is 6.85. The number of nitrogens with two attached hydrogens (primary N) is 1. The number of nitrogen functional groups attached to an aromatic ring is 1. The lowest BCUT2D eigenvalue weighted by molar-refractivity contribution is 0.424. The van der Waals surface area contributed by atoms with Crippen molar-refractivity contribution >= 4 is 5.69 Å². The molecule has 1 aliphatic carbocycles. The molecule has 2 heteroatoms. The molecule has 3 N–H and O–H groups in total. The molecule has 0 amide bonds. The van der Waals surface area contributed by atoms with E-state index in [4.69, 9.17) is 5.73 Å². The van der Waals surface area contributed by atoms with Crippen molar-refractivity contribution in [3.05, 3.63) is 29.3 Å². The lowest BCUT2D eigenvalue weighted by atomic mass is 10.1. The molecule has 0 aliphatic heterocycles. The Hall–Kier alpha value is -1.02. The highest BCUT2D eigenvalue weighted by Crippen LogP contribution is 2.32. The Balaban J connectivity index is 1.97. The standard InChI is InChI=1S/C15H24N2/c1-3-4-5-11(2)17-15-9-6-12-10-13(16)7-8-14(12)15/h7-8,10-11,15,17H,3-6,9,16H2,1-2H3. The van der Waals surface area contributed by atoms with Crippen molar-refractivity contribution in [2.24, 2.45) is 0 Å². The van der Waals surface area contributed by atoms with Gasteiger partial charge in [0.25, 0.3) is 0 Å². The van der Waals surface area contributed by atoms with Crippen LogP contribution in [0.25, 0.3) is 0 Å². The molecule has 17 heavy (non-hydrogen) atoms. The second-order valence-electron chi connectivity index (χ2n) is 5.26. The third-order valence-corrected chi connectivity index (χ3v) is 3.72. The van der Waals surface area contributed by atoms with Crippen LogP contribution in [0.5, 0.6) is 0 Å². The van der Waals surface area contributed by atoms with Gasteiger partial charge in [-0.15, -0.1) is 0 Å². The Morgan fingerprint density at radius 1 is 1.47 bits per heavy atom. The van der Waals surface area contributed by atoms with Gasteiger partial charge in [-0.1, -0.05) is 25.8 Å². The van der Waals surface area contributed by atoms with E-state index in [0.717, 1.165) is 5.69 Å². The molecule has 0 saturated carbocycles. The Kier molecular flexibility index (Phi) is 4.06. The van der Waals surface area contributed by atoms with Gasteiger partial charge in [0, 0.05) is 17.8 Å². The number of nitrogens with one attached hydrogen (secondary N) is 1. The van der Waals surface area contributed by atoms with E-state index in [1.807, 2.05) is 6.07 Å². The Morgan fingerprint density at radius 3 is 3.06 bits per heavy atom. The fraction of sp³-hybridized carbons (Fsp3) is 0.600. The molecule has 2 rings (SSSR count). The van der Waals surface area contributed by atoms with Gasteiger partial charge in [0.15, 0.2) is 0 Å². The summed E-state index contributed by atoms with van der Waals surface area (Å²) in [5.41, 5.74) is 9.61. The Morgan fingerprint density at radius 2 is 2.29 bits per heavy atom. The molecular weight excluding hydrogens is 208 g/mol. The van der Waals surface area contributed by atoms with Crippen molar-refractivity contribution in [2.45, 2.75) is 58.0 Å². The average molecular weight is 232 g/mol. The smallest absolute Gasteiger partial charge is 0.0328 e. The number of rotatable bonds is 5. The highest BCUT2D eigenvalue weighted by atomic mass is 14.9. The molecule has 0 bridgehead atoms. The van der Waals surface area contributed by atoms with E-state index in [0.29, 0.717) is 12.1 Å². The van der Waals surface area contributed by atoms with Gasteiger partial charge in [0.05, 0.1) is 0 Å². The monoisotopic (exact) mass is 232 g/mol. The van der Waals surface area contributed by atoms with Gasteiger partial charge < -0.3 is 11.1 Å². The van der Waals surface area contributed by atoms with Crippen molar-refractivity contribution in [3.8, 4) is 0 Å². The second-order valence-corrected chi connectivity index (χ2v) is 5.26. The summed E-state index contributed by atoms with van der Waals surface area (Å²) < 4.78 is 0. The van der Waals surface area contributed by atoms with Crippen LogP contribution >= 0.6 is 0 Å². The third-order valence-electron chi connectivity index (χ3n) is 3.72. The number of hydrogen-bond acceptors (Lipinski definition) is 2. The highest BCUT2D eigenvalue weighted by molar-refractivity contribution is 5.47. The lowest BCUT2D eigenvalue weighted by Gasteiger charge is -2.20. The first kappa shape index (κ1) is 12.4. The maximum atomic E-state index is 5.82. The van der Waals surface area contributed by atoms with Crippen LogP contribution < -0.4 is 11.1 Å². The first-order chi connectivity index (χ1) is 8.20. The SMILES string of the molecule is CCCCC(C)NC1CCc2cc(N)ccc21. The number of aryl methyl sites for hydroxylation is 1. The van der Waals surface area contributed by atoms with Crippen molar-refractivity contribution in [1.82, 2.24) is 5.32 Å². The van der Waals surface area contributed by atoms with Crippen molar-refractivity contribution in [3.63, 3.8) is 0 Å². The number of fused-ring (bicyclic) bond motifs is 1. The molecule has 0 spiro atoms. The molecule has 1 aromatic rings. The van der Waals surface area contributed by atoms with Gasteiger partial charge in [0.1, 0.15) is 0 Å². The first-order valence-corrected chi connectivity index (χ1v) is 6.85. The van der Waals surface area contributed by atoms with Crippen LogP contribution in [0.2, 0.25) is 0 Å². The summed E-state index contributed by atoms with van der Waals surface area (Å²) in [5.74, 6) is 0. The third kappa shape index (κ3) is 3.01. The molecule has 2 unspecified atom stereocenters. The molecule has 0 saturated heterocycles. The summed E-state index contributed by atoms with van der Waals surface area (Å²) in [4.78, 5) is 0. The number of unbranched alkanes of at least 4 members (excludes halogenated alkanes) is 1. The van der Waals surface area contributed by atoms with Gasteiger partial charge in [-0.3, -0.25) is 0 Å². The predicted molar refractivity (Wildman–Crippen MR) is 74.0 cm³/mol. The largest absolute Gasteiger partial charge is 0.399 e. The van der Waals surface area contributed by atoms with Crippen LogP contribution in [-0.4, -0.2) is 6.04 Å². The Labute approximate surface area is 105 Å². The average Bonchev–Trinajstić information content (AvgIpc) is 2.69. The normalized spacial score (nSPS) is 20.2. The van der Waals surface area contributed by atoms with E-state index < -0.39 is 0 Å². The molecule has 0 fully saturated rings. The van der Waals surface area contributed by atoms with Crippen molar-refractivity contribution in [1.29, 1.82) is 0 Å². The number of benzene rings is 1. The summed E-state index contributed by atoms with van der Waals surface area (Å²) in [6.07, 6.45) is 6.25. The van der Waals surface area contributed by atoms with Gasteiger partial charge in [0.2, 0.25) is 0 Å². The fourth-order valence-electron chi connectivity index (χ4n) is 2.75. The van der Waals surface area contributed by atoms with Gasteiger partial charge in [-0.05, 0) is 49.4 Å². The zero-order valence-electron chi connectivity index (χ0n) is 11.0. The maximum absolute atomic E-state index is 5.82. The highest BCUT2D eigenvalue weighted by Gasteiger charge is 2.23. The summed E-state index contributed by atoms with van der Waals surface area (Å²) in [5, 5.41) is 3.75. The molecule has 2 atom stereocenters. The molecule has 0 aromatic heterocycles. The van der Waals surface area contributed by atoms with E-state index in [2.05, 4.69) is 31.3 Å². The van der Waals surface area contributed by atoms with Crippen LogP contribution in [0.4, 0.5) is 5.69 Å². The van der Waals surface area contributed by atoms with E-state index in [-0.39, 0.29) is 0 Å². The van der Waals surface area contributed by atoms with E-state index in [1.165, 1.54) is 43.2 Å². The molecular formula is C15H24N2. The minimum Gasteiger partial charge on any atom is -0.399 e. The Bertz CT molecular complexity index is 373. The molecule has 1 aliphatic rings. The molecule has 0 heterocycles. The quantitative estimate of drug-likeness (QED) is 0.763. The topological polar surface area (TPSA) is 38.0 Å². The minimum absolute atomic E-state index is 0.539. The summed E-state index contributed by atoms with van der Waals surface area (Å²) in [6.45, 7) is 4.55. The fourth-order valence-corrected chi connectivity index (χ4v) is 2.75. The van der Waals surface area contributed by atoms with Crippen molar-refractivity contribution in [2.75, 3.05) is 5.73 Å². The van der Waals surface area contributed by atoms with Crippen LogP contribution in [0.15, 0.2) is 18.2 Å². The van der Waals surface area contributed by atoms with E-state index >= 15 is 0 Å². The van der Waals surface area contributed by atoms with Crippen LogP contribution in [-0.2, 0) is 6.42 Å². The van der Waals surface area contributed by atoms with Crippen molar-refractivity contribution < 1.29 is 0 Å². The summed E-state index contributed by atoms with van der Waals surface area (Å²) in [6, 6.07) is 7.51. The van der Waals surface area contributed by atoms with Crippen LogP contribution in [0, 0.1) is 0 Å². The number of anilines is 1. The van der Waals surface area contributed by atoms with Gasteiger partial charge >= 0.3 is 0 Å². The lowest BCUT2D eigenvalue weighted by Crippen LogP contribution is -2.29. The molecule has 94 valence electrons. The molecule has 0 radical (unpaired) electrons. The van der Waals surface area contributed by atoms with Crippen LogP contribution in [0.1, 0.15) is 56.7 Å². The second kappa shape index (κ2) is 5.54. The van der Waals surface area contributed by atoms with Gasteiger partial charge in [-0.2, -0.15) is 0 Å². The predicted octanol–water partition coefficient (Wildman–Crippen LogP) is 3.42. The van der Waals surface area contributed by atoms with Crippen LogP contribution in [0.3, 0.4) is 0 Å². The van der Waals surface area contributed by atoms with E-state index in [1.54, 1.807) is 0 Å².